The average molecular weight is 347 g/mol. The van der Waals surface area contributed by atoms with Crippen molar-refractivity contribution in [3.63, 3.8) is 0 Å². The lowest BCUT2D eigenvalue weighted by molar-refractivity contribution is 0.553. The van der Waals surface area contributed by atoms with Gasteiger partial charge in [0.05, 0.1) is 15.2 Å². The molecule has 0 spiro atoms. The molecule has 0 saturated heterocycles. The Morgan fingerprint density at radius 3 is 2.47 bits per heavy atom. The van der Waals surface area contributed by atoms with Gasteiger partial charge in [0, 0.05) is 5.41 Å². The molecule has 6 heteroatoms. The molecule has 19 heavy (non-hydrogen) atoms. The molecule has 2 aromatic rings. The molecule has 0 saturated carbocycles. The number of benzene rings is 1. The Kier molecular flexibility index (Phi) is 3.62. The first-order valence-electron chi connectivity index (χ1n) is 5.72. The van der Waals surface area contributed by atoms with Crippen LogP contribution in [0.25, 0.3) is 5.69 Å². The minimum absolute atomic E-state index is 0.165. The number of aromatic nitrogens is 2. The van der Waals surface area contributed by atoms with Crippen molar-refractivity contribution >= 4 is 33.3 Å². The van der Waals surface area contributed by atoms with Gasteiger partial charge in [-0.3, -0.25) is 0 Å². The number of halogens is 3. The van der Waals surface area contributed by atoms with E-state index in [0.29, 0.717) is 10.3 Å². The van der Waals surface area contributed by atoms with E-state index in [4.69, 9.17) is 17.3 Å². The highest BCUT2D eigenvalue weighted by Crippen LogP contribution is 2.36. The second-order valence-electron chi connectivity index (χ2n) is 5.28. The van der Waals surface area contributed by atoms with Crippen LogP contribution in [0.5, 0.6) is 0 Å². The average Bonchev–Trinajstić information content (AvgIpc) is 2.57. The van der Waals surface area contributed by atoms with E-state index >= 15 is 0 Å². The van der Waals surface area contributed by atoms with Crippen molar-refractivity contribution in [2.24, 2.45) is 0 Å². The molecule has 2 N–H and O–H groups in total. The van der Waals surface area contributed by atoms with Gasteiger partial charge < -0.3 is 5.73 Å². The predicted octanol–water partition coefficient (Wildman–Crippen LogP) is 4.31. The molecule has 0 aliphatic rings. The first-order chi connectivity index (χ1) is 8.73. The molecule has 0 bridgehead atoms. The number of anilines is 1. The van der Waals surface area contributed by atoms with Crippen molar-refractivity contribution in [1.29, 1.82) is 0 Å². The van der Waals surface area contributed by atoms with Crippen LogP contribution in [-0.2, 0) is 5.41 Å². The van der Waals surface area contributed by atoms with Crippen LogP contribution in [0.1, 0.15) is 26.5 Å². The van der Waals surface area contributed by atoms with E-state index in [1.54, 1.807) is 12.1 Å². The third-order valence-corrected chi connectivity index (χ3v) is 3.81. The minimum Gasteiger partial charge on any atom is -0.383 e. The van der Waals surface area contributed by atoms with Gasteiger partial charge in [0.1, 0.15) is 17.3 Å². The summed E-state index contributed by atoms with van der Waals surface area (Å²) in [6.45, 7) is 6.02. The van der Waals surface area contributed by atoms with Gasteiger partial charge in [0.25, 0.3) is 0 Å². The molecule has 1 aromatic heterocycles. The first-order valence-corrected chi connectivity index (χ1v) is 6.89. The van der Waals surface area contributed by atoms with Gasteiger partial charge >= 0.3 is 0 Å². The molecule has 3 nitrogen and oxygen atoms in total. The van der Waals surface area contributed by atoms with Crippen LogP contribution in [0.15, 0.2) is 22.7 Å². The van der Waals surface area contributed by atoms with E-state index < -0.39 is 5.82 Å². The lowest BCUT2D eigenvalue weighted by atomic mass is 9.92. The van der Waals surface area contributed by atoms with Gasteiger partial charge in [0.15, 0.2) is 0 Å². The number of nitrogen functional groups attached to an aromatic ring is 1. The highest BCUT2D eigenvalue weighted by atomic mass is 79.9. The summed E-state index contributed by atoms with van der Waals surface area (Å²) in [5.41, 5.74) is 6.70. The van der Waals surface area contributed by atoms with Crippen LogP contribution in [-0.4, -0.2) is 9.78 Å². The predicted molar refractivity (Wildman–Crippen MR) is 79.3 cm³/mol. The molecule has 0 radical (unpaired) electrons. The van der Waals surface area contributed by atoms with Gasteiger partial charge in [0.2, 0.25) is 0 Å². The van der Waals surface area contributed by atoms with Crippen molar-refractivity contribution in [3.8, 4) is 5.69 Å². The summed E-state index contributed by atoms with van der Waals surface area (Å²) in [5, 5.41) is 4.66. The summed E-state index contributed by atoms with van der Waals surface area (Å²) < 4.78 is 15.9. The summed E-state index contributed by atoms with van der Waals surface area (Å²) in [5.74, 6) is -0.133. The zero-order valence-corrected chi connectivity index (χ0v) is 13.2. The van der Waals surface area contributed by atoms with Crippen LogP contribution in [0.3, 0.4) is 0 Å². The third kappa shape index (κ3) is 2.49. The smallest absolute Gasteiger partial charge is 0.150 e. The van der Waals surface area contributed by atoms with E-state index in [0.717, 1.165) is 5.69 Å². The van der Waals surface area contributed by atoms with Crippen molar-refractivity contribution in [1.82, 2.24) is 9.78 Å². The molecule has 0 aliphatic heterocycles. The van der Waals surface area contributed by atoms with E-state index in [1.165, 1.54) is 10.7 Å². The molecule has 0 amide bonds. The summed E-state index contributed by atoms with van der Waals surface area (Å²) in [4.78, 5) is 0. The van der Waals surface area contributed by atoms with Crippen molar-refractivity contribution in [2.75, 3.05) is 5.73 Å². The first kappa shape index (κ1) is 14.3. The Morgan fingerprint density at radius 2 is 2.00 bits per heavy atom. The molecular formula is C13H14BrClFN3. The summed E-state index contributed by atoms with van der Waals surface area (Å²) in [6.07, 6.45) is 0. The second-order valence-corrected chi connectivity index (χ2v) is 6.48. The highest BCUT2D eigenvalue weighted by molar-refractivity contribution is 9.10. The molecule has 102 valence electrons. The lowest BCUT2D eigenvalue weighted by Crippen LogP contribution is -2.13. The fraction of sp³-hybridized carbons (Fsp3) is 0.308. The SMILES string of the molecule is CC(C)(C)c1nn(-c2c(F)cccc2Cl)c(N)c1Br. The maximum Gasteiger partial charge on any atom is 0.150 e. The van der Waals surface area contributed by atoms with Gasteiger partial charge in [-0.15, -0.1) is 0 Å². The van der Waals surface area contributed by atoms with Crippen molar-refractivity contribution < 1.29 is 4.39 Å². The monoisotopic (exact) mass is 345 g/mol. The van der Waals surface area contributed by atoms with Gasteiger partial charge in [-0.25, -0.2) is 9.07 Å². The standard InChI is InChI=1S/C13H14BrClFN3/c1-13(2,3)11-9(14)12(17)19(18-11)10-7(15)5-4-6-8(10)16/h4-6H,17H2,1-3H3. The van der Waals surface area contributed by atoms with Crippen molar-refractivity contribution in [3.05, 3.63) is 39.2 Å². The van der Waals surface area contributed by atoms with Crippen LogP contribution in [0.2, 0.25) is 5.02 Å². The number of hydrogen-bond donors (Lipinski definition) is 1. The molecule has 0 unspecified atom stereocenters. The number of rotatable bonds is 1. The topological polar surface area (TPSA) is 43.8 Å². The zero-order valence-electron chi connectivity index (χ0n) is 10.8. The number of nitrogens with zero attached hydrogens (tertiary/aromatic N) is 2. The minimum atomic E-state index is -0.463. The van der Waals surface area contributed by atoms with Crippen LogP contribution in [0.4, 0.5) is 10.2 Å². The zero-order chi connectivity index (χ0) is 14.4. The third-order valence-electron chi connectivity index (χ3n) is 2.72. The number of hydrogen-bond acceptors (Lipinski definition) is 2. The Balaban J connectivity index is 2.72. The Morgan fingerprint density at radius 1 is 1.37 bits per heavy atom. The quantitative estimate of drug-likeness (QED) is 0.836. The fourth-order valence-corrected chi connectivity index (χ4v) is 2.84. The molecule has 2 rings (SSSR count). The molecule has 1 heterocycles. The normalized spacial score (nSPS) is 11.9. The Bertz CT molecular complexity index is 611. The van der Waals surface area contributed by atoms with Gasteiger partial charge in [-0.05, 0) is 28.1 Å². The van der Waals surface area contributed by atoms with Crippen LogP contribution in [0, 0.1) is 5.82 Å². The van der Waals surface area contributed by atoms with Crippen molar-refractivity contribution in [2.45, 2.75) is 26.2 Å². The molecule has 1 aromatic carbocycles. The molecule has 0 aliphatic carbocycles. The summed E-state index contributed by atoms with van der Waals surface area (Å²) in [6, 6.07) is 4.47. The Hall–Kier alpha value is -1.07. The van der Waals surface area contributed by atoms with Crippen LogP contribution < -0.4 is 5.73 Å². The lowest BCUT2D eigenvalue weighted by Gasteiger charge is -2.15. The molecule has 0 atom stereocenters. The second kappa shape index (κ2) is 4.80. The largest absolute Gasteiger partial charge is 0.383 e. The number of para-hydroxylation sites is 1. The van der Waals surface area contributed by atoms with Gasteiger partial charge in [-0.1, -0.05) is 38.4 Å². The molecule has 0 fully saturated rings. The maximum atomic E-state index is 13.9. The highest BCUT2D eigenvalue weighted by Gasteiger charge is 2.26. The van der Waals surface area contributed by atoms with Gasteiger partial charge in [-0.2, -0.15) is 5.10 Å². The maximum absolute atomic E-state index is 13.9. The summed E-state index contributed by atoms with van der Waals surface area (Å²) in [7, 11) is 0. The fourth-order valence-electron chi connectivity index (χ4n) is 1.75. The summed E-state index contributed by atoms with van der Waals surface area (Å²) >= 11 is 9.45. The molecular weight excluding hydrogens is 333 g/mol. The van der Waals surface area contributed by atoms with E-state index in [9.17, 15) is 4.39 Å². The van der Waals surface area contributed by atoms with E-state index in [1.807, 2.05) is 20.8 Å². The van der Waals surface area contributed by atoms with Crippen LogP contribution >= 0.6 is 27.5 Å². The van der Waals surface area contributed by atoms with E-state index in [-0.39, 0.29) is 16.1 Å². The van der Waals surface area contributed by atoms with E-state index in [2.05, 4.69) is 21.0 Å². The number of nitrogens with two attached hydrogens (primary N) is 1. The Labute approximate surface area is 124 Å².